The number of aromatic nitrogens is 1. The second-order valence-electron chi connectivity index (χ2n) is 5.18. The zero-order valence-corrected chi connectivity index (χ0v) is 14.6. The lowest BCUT2D eigenvalue weighted by Gasteiger charge is -2.15. The number of carbonyl (C=O) groups is 1. The van der Waals surface area contributed by atoms with Gasteiger partial charge in [-0.2, -0.15) is 5.10 Å². The molecule has 0 spiro atoms. The second kappa shape index (κ2) is 7.59. The largest absolute Gasteiger partial charge is 0.285 e. The quantitative estimate of drug-likeness (QED) is 0.620. The van der Waals surface area contributed by atoms with Crippen LogP contribution in [0.25, 0.3) is 0 Å². The number of carbonyl (C=O) groups excluding carboxylic acids is 1. The van der Waals surface area contributed by atoms with Crippen LogP contribution in [0, 0.1) is 0 Å². The van der Waals surface area contributed by atoms with E-state index < -0.39 is 0 Å². The van der Waals surface area contributed by atoms with Gasteiger partial charge >= 0.3 is 0 Å². The summed E-state index contributed by atoms with van der Waals surface area (Å²) in [5.41, 5.74) is 2.46. The van der Waals surface area contributed by atoms with Gasteiger partial charge in [0.05, 0.1) is 23.7 Å². The Morgan fingerprint density at radius 1 is 1.29 bits per heavy atom. The molecule has 1 aliphatic heterocycles. The zero-order chi connectivity index (χ0) is 16.9. The van der Waals surface area contributed by atoms with Crippen molar-refractivity contribution in [2.75, 3.05) is 5.75 Å². The Bertz CT molecular complexity index is 790. The van der Waals surface area contributed by atoms with Crippen LogP contribution in [0.3, 0.4) is 0 Å². The first-order valence-corrected chi connectivity index (χ1v) is 8.71. The number of nitrogens with zero attached hydrogens (tertiary/aromatic N) is 4. The van der Waals surface area contributed by atoms with Gasteiger partial charge in [-0.3, -0.25) is 14.7 Å². The fourth-order valence-electron chi connectivity index (χ4n) is 2.15. The number of amides is 1. The first kappa shape index (κ1) is 16.7. The molecule has 1 aliphatic rings. The molecule has 0 bridgehead atoms. The van der Waals surface area contributed by atoms with Crippen molar-refractivity contribution in [3.63, 3.8) is 0 Å². The molecule has 3 rings (SSSR count). The SMILES string of the molecule is C/C(=N/N=C1\SCC(=O)N1Cc1ccc(Cl)cc1)c1ccccn1. The summed E-state index contributed by atoms with van der Waals surface area (Å²) < 4.78 is 0. The van der Waals surface area contributed by atoms with Crippen molar-refractivity contribution >= 4 is 40.1 Å². The number of halogens is 1. The monoisotopic (exact) mass is 358 g/mol. The smallest absolute Gasteiger partial charge is 0.239 e. The average Bonchev–Trinajstić information content (AvgIpc) is 2.95. The Kier molecular flexibility index (Phi) is 5.27. The van der Waals surface area contributed by atoms with Gasteiger partial charge in [-0.15, -0.1) is 5.10 Å². The lowest BCUT2D eigenvalue weighted by molar-refractivity contribution is -0.124. The molecule has 0 saturated carbocycles. The van der Waals surface area contributed by atoms with E-state index in [2.05, 4.69) is 15.2 Å². The molecular formula is C17H15ClN4OS. The summed E-state index contributed by atoms with van der Waals surface area (Å²) in [6.45, 7) is 2.30. The standard InChI is InChI=1S/C17H15ClN4OS/c1-12(15-4-2-3-9-19-15)20-21-17-22(16(23)11-24-17)10-13-5-7-14(18)8-6-13/h2-9H,10-11H2,1H3/b20-12-,21-17-. The van der Waals surface area contributed by atoms with Crippen molar-refractivity contribution in [1.82, 2.24) is 9.88 Å². The van der Waals surface area contributed by atoms with E-state index in [1.807, 2.05) is 49.4 Å². The van der Waals surface area contributed by atoms with Crippen LogP contribution >= 0.6 is 23.4 Å². The van der Waals surface area contributed by atoms with Gasteiger partial charge in [-0.05, 0) is 36.8 Å². The Labute approximate surface area is 149 Å². The molecule has 1 fully saturated rings. The molecule has 2 aromatic rings. The van der Waals surface area contributed by atoms with Gasteiger partial charge in [0.15, 0.2) is 5.17 Å². The molecule has 1 aromatic carbocycles. The van der Waals surface area contributed by atoms with E-state index in [1.54, 1.807) is 11.1 Å². The van der Waals surface area contributed by atoms with Gasteiger partial charge < -0.3 is 0 Å². The van der Waals surface area contributed by atoms with Gasteiger partial charge in [0.1, 0.15) is 0 Å². The molecule has 1 aromatic heterocycles. The number of hydrogen-bond donors (Lipinski definition) is 0. The first-order valence-electron chi connectivity index (χ1n) is 7.35. The van der Waals surface area contributed by atoms with Crippen molar-refractivity contribution in [2.45, 2.75) is 13.5 Å². The minimum Gasteiger partial charge on any atom is -0.285 e. The van der Waals surface area contributed by atoms with Crippen LogP contribution in [-0.2, 0) is 11.3 Å². The van der Waals surface area contributed by atoms with Gasteiger partial charge in [0, 0.05) is 11.2 Å². The van der Waals surface area contributed by atoms with Crippen LogP contribution in [0.15, 0.2) is 58.9 Å². The number of hydrogen-bond acceptors (Lipinski definition) is 5. The molecule has 7 heteroatoms. The lowest BCUT2D eigenvalue weighted by Crippen LogP contribution is -2.28. The van der Waals surface area contributed by atoms with E-state index >= 15 is 0 Å². The van der Waals surface area contributed by atoms with Crippen molar-refractivity contribution in [1.29, 1.82) is 0 Å². The Morgan fingerprint density at radius 2 is 2.08 bits per heavy atom. The average molecular weight is 359 g/mol. The number of rotatable bonds is 4. The number of pyridine rings is 1. The molecule has 0 atom stereocenters. The molecule has 5 nitrogen and oxygen atoms in total. The van der Waals surface area contributed by atoms with E-state index in [9.17, 15) is 4.79 Å². The maximum atomic E-state index is 12.1. The zero-order valence-electron chi connectivity index (χ0n) is 13.0. The van der Waals surface area contributed by atoms with Gasteiger partial charge in [0.25, 0.3) is 0 Å². The minimum atomic E-state index is 0.0272. The summed E-state index contributed by atoms with van der Waals surface area (Å²) in [6, 6.07) is 13.0. The van der Waals surface area contributed by atoms with Gasteiger partial charge in [-0.25, -0.2) is 0 Å². The second-order valence-corrected chi connectivity index (χ2v) is 6.56. The van der Waals surface area contributed by atoms with Crippen LogP contribution in [0.4, 0.5) is 0 Å². The molecule has 0 radical (unpaired) electrons. The molecule has 122 valence electrons. The third-order valence-corrected chi connectivity index (χ3v) is 4.64. The highest BCUT2D eigenvalue weighted by Crippen LogP contribution is 2.22. The van der Waals surface area contributed by atoms with E-state index in [0.29, 0.717) is 28.2 Å². The van der Waals surface area contributed by atoms with Gasteiger partial charge in [0.2, 0.25) is 5.91 Å². The summed E-state index contributed by atoms with van der Waals surface area (Å²) in [7, 11) is 0. The highest BCUT2D eigenvalue weighted by atomic mass is 35.5. The predicted octanol–water partition coefficient (Wildman–Crippen LogP) is 3.59. The van der Waals surface area contributed by atoms with Crippen molar-refractivity contribution in [3.8, 4) is 0 Å². The van der Waals surface area contributed by atoms with Crippen molar-refractivity contribution < 1.29 is 4.79 Å². The molecule has 0 unspecified atom stereocenters. The maximum absolute atomic E-state index is 12.1. The lowest BCUT2D eigenvalue weighted by atomic mass is 10.2. The van der Waals surface area contributed by atoms with Crippen molar-refractivity contribution in [3.05, 3.63) is 64.9 Å². The number of amidine groups is 1. The third-order valence-electron chi connectivity index (χ3n) is 3.43. The Balaban J connectivity index is 1.78. The fourth-order valence-corrected chi connectivity index (χ4v) is 3.10. The molecule has 2 heterocycles. The van der Waals surface area contributed by atoms with Crippen LogP contribution in [0.1, 0.15) is 18.2 Å². The molecular weight excluding hydrogens is 344 g/mol. The Morgan fingerprint density at radius 3 is 2.79 bits per heavy atom. The maximum Gasteiger partial charge on any atom is 0.239 e. The predicted molar refractivity (Wildman–Crippen MR) is 98.3 cm³/mol. The highest BCUT2D eigenvalue weighted by molar-refractivity contribution is 8.15. The summed E-state index contributed by atoms with van der Waals surface area (Å²) in [4.78, 5) is 18.0. The normalized spacial score (nSPS) is 16.9. The third kappa shape index (κ3) is 4.01. The van der Waals surface area contributed by atoms with E-state index in [4.69, 9.17) is 11.6 Å². The topological polar surface area (TPSA) is 57.9 Å². The van der Waals surface area contributed by atoms with Crippen LogP contribution in [0.5, 0.6) is 0 Å². The molecule has 1 saturated heterocycles. The summed E-state index contributed by atoms with van der Waals surface area (Å²) >= 11 is 7.29. The van der Waals surface area contributed by atoms with Crippen LogP contribution in [0.2, 0.25) is 5.02 Å². The van der Waals surface area contributed by atoms with E-state index in [0.717, 1.165) is 11.3 Å². The number of benzene rings is 1. The summed E-state index contributed by atoms with van der Waals surface area (Å²) in [5.74, 6) is 0.407. The molecule has 1 amide bonds. The molecule has 24 heavy (non-hydrogen) atoms. The fraction of sp³-hybridized carbons (Fsp3) is 0.176. The number of thioether (sulfide) groups is 1. The van der Waals surface area contributed by atoms with Crippen LogP contribution in [-0.4, -0.2) is 32.4 Å². The van der Waals surface area contributed by atoms with Crippen molar-refractivity contribution in [2.24, 2.45) is 10.2 Å². The van der Waals surface area contributed by atoms with E-state index in [-0.39, 0.29) is 5.91 Å². The van der Waals surface area contributed by atoms with E-state index in [1.165, 1.54) is 11.8 Å². The highest BCUT2D eigenvalue weighted by Gasteiger charge is 2.28. The van der Waals surface area contributed by atoms with Gasteiger partial charge in [-0.1, -0.05) is 41.6 Å². The molecule has 0 N–H and O–H groups in total. The molecule has 0 aliphatic carbocycles. The summed E-state index contributed by atoms with van der Waals surface area (Å²) in [6.07, 6.45) is 1.71. The van der Waals surface area contributed by atoms with Crippen LogP contribution < -0.4 is 0 Å². The minimum absolute atomic E-state index is 0.0272. The Hall–Kier alpha value is -2.18. The summed E-state index contributed by atoms with van der Waals surface area (Å²) in [5, 5.41) is 9.75. The first-order chi connectivity index (χ1) is 11.6.